The lowest BCUT2D eigenvalue weighted by Gasteiger charge is -2.08. The van der Waals surface area contributed by atoms with Gasteiger partial charge in [-0.2, -0.15) is 0 Å². The third-order valence-corrected chi connectivity index (χ3v) is 4.22. The zero-order chi connectivity index (χ0) is 21.2. The average Bonchev–Trinajstić information content (AvgIpc) is 2.81. The van der Waals surface area contributed by atoms with Crippen molar-refractivity contribution in [2.75, 3.05) is 6.54 Å². The number of carbonyl (C=O) groups is 3. The van der Waals surface area contributed by atoms with E-state index < -0.39 is 11.8 Å². The smallest absolute Gasteiger partial charge is 0.262 e. The summed E-state index contributed by atoms with van der Waals surface area (Å²) < 4.78 is 0. The normalized spacial score (nSPS) is 10.4. The molecule has 6 nitrogen and oxygen atoms in total. The Morgan fingerprint density at radius 1 is 0.700 bits per heavy atom. The molecule has 6 heteroatoms. The number of amides is 3. The maximum atomic E-state index is 12.2. The maximum absolute atomic E-state index is 12.2. The van der Waals surface area contributed by atoms with Crippen molar-refractivity contribution in [2.45, 2.75) is 0 Å². The van der Waals surface area contributed by atoms with E-state index in [0.29, 0.717) is 5.56 Å². The Morgan fingerprint density at radius 3 is 1.97 bits per heavy atom. The number of hydrazine groups is 1. The predicted molar refractivity (Wildman–Crippen MR) is 116 cm³/mol. The minimum absolute atomic E-state index is 0.262. The first-order valence-electron chi connectivity index (χ1n) is 9.37. The number of carbonyl (C=O) groups excluding carboxylic acids is 3. The van der Waals surface area contributed by atoms with Gasteiger partial charge in [-0.1, -0.05) is 72.8 Å². The van der Waals surface area contributed by atoms with Crippen LogP contribution in [0.3, 0.4) is 0 Å². The van der Waals surface area contributed by atoms with Crippen LogP contribution in [0.15, 0.2) is 91.0 Å². The van der Waals surface area contributed by atoms with E-state index in [1.54, 1.807) is 18.2 Å². The quantitative estimate of drug-likeness (QED) is 0.440. The van der Waals surface area contributed by atoms with Gasteiger partial charge in [0, 0.05) is 11.6 Å². The van der Waals surface area contributed by atoms with Crippen molar-refractivity contribution in [3.63, 3.8) is 0 Å². The Balaban J connectivity index is 1.42. The van der Waals surface area contributed by atoms with E-state index in [2.05, 4.69) is 16.2 Å². The van der Waals surface area contributed by atoms with E-state index >= 15 is 0 Å². The lowest BCUT2D eigenvalue weighted by atomic mass is 10.0. The summed E-state index contributed by atoms with van der Waals surface area (Å²) in [7, 11) is 0. The molecule has 0 radical (unpaired) electrons. The van der Waals surface area contributed by atoms with Gasteiger partial charge in [0.1, 0.15) is 0 Å². The van der Waals surface area contributed by atoms with Crippen molar-refractivity contribution in [3.8, 4) is 11.1 Å². The lowest BCUT2D eigenvalue weighted by Crippen LogP contribution is -2.45. The molecule has 0 bridgehead atoms. The molecular formula is C24H21N3O3. The Bertz CT molecular complexity index is 1030. The first-order chi connectivity index (χ1) is 14.6. The van der Waals surface area contributed by atoms with Crippen molar-refractivity contribution in [3.05, 3.63) is 102 Å². The van der Waals surface area contributed by atoms with Crippen LogP contribution >= 0.6 is 0 Å². The third kappa shape index (κ3) is 6.17. The van der Waals surface area contributed by atoms with Gasteiger partial charge in [-0.05, 0) is 34.9 Å². The van der Waals surface area contributed by atoms with Gasteiger partial charge in [-0.25, -0.2) is 0 Å². The summed E-state index contributed by atoms with van der Waals surface area (Å²) in [6.07, 6.45) is 2.94. The molecule has 3 aromatic carbocycles. The maximum Gasteiger partial charge on any atom is 0.262 e. The second-order valence-electron chi connectivity index (χ2n) is 6.41. The summed E-state index contributed by atoms with van der Waals surface area (Å²) >= 11 is 0. The molecule has 0 saturated heterocycles. The van der Waals surface area contributed by atoms with Gasteiger partial charge >= 0.3 is 0 Å². The second kappa shape index (κ2) is 10.4. The topological polar surface area (TPSA) is 87.3 Å². The van der Waals surface area contributed by atoms with Crippen LogP contribution in [0, 0.1) is 0 Å². The largest absolute Gasteiger partial charge is 0.343 e. The molecule has 0 spiro atoms. The SMILES string of the molecule is O=C(/C=C/c1ccccc1)NNC(=O)CNC(=O)c1ccc(-c2ccccc2)cc1. The van der Waals surface area contributed by atoms with Crippen LogP contribution < -0.4 is 16.2 Å². The number of nitrogens with one attached hydrogen (secondary N) is 3. The van der Waals surface area contributed by atoms with E-state index in [9.17, 15) is 14.4 Å². The zero-order valence-electron chi connectivity index (χ0n) is 16.2. The van der Waals surface area contributed by atoms with E-state index in [0.717, 1.165) is 16.7 Å². The third-order valence-electron chi connectivity index (χ3n) is 4.22. The van der Waals surface area contributed by atoms with E-state index in [-0.39, 0.29) is 12.5 Å². The Kier molecular flexibility index (Phi) is 7.11. The summed E-state index contributed by atoms with van der Waals surface area (Å²) in [5, 5.41) is 2.52. The molecule has 0 aliphatic rings. The summed E-state index contributed by atoms with van der Waals surface area (Å²) in [5.74, 6) is -1.39. The molecule has 30 heavy (non-hydrogen) atoms. The van der Waals surface area contributed by atoms with Crippen molar-refractivity contribution in [2.24, 2.45) is 0 Å². The molecule has 0 atom stereocenters. The standard InChI is InChI=1S/C24H21N3O3/c28-22(16-11-18-7-3-1-4-8-18)26-27-23(29)17-25-24(30)21-14-12-20(13-15-21)19-9-5-2-6-10-19/h1-16H,17H2,(H,25,30)(H,26,28)(H,27,29)/b16-11+. The number of benzene rings is 3. The van der Waals surface area contributed by atoms with Gasteiger partial charge in [0.25, 0.3) is 17.7 Å². The van der Waals surface area contributed by atoms with Crippen LogP contribution in [0.25, 0.3) is 17.2 Å². The molecule has 0 aliphatic carbocycles. The number of hydrogen-bond acceptors (Lipinski definition) is 3. The monoisotopic (exact) mass is 399 g/mol. The lowest BCUT2D eigenvalue weighted by molar-refractivity contribution is -0.126. The summed E-state index contributed by atoms with van der Waals surface area (Å²) in [4.78, 5) is 35.8. The average molecular weight is 399 g/mol. The molecule has 3 rings (SSSR count). The van der Waals surface area contributed by atoms with Crippen LogP contribution in [-0.4, -0.2) is 24.3 Å². The molecular weight excluding hydrogens is 378 g/mol. The fourth-order valence-electron chi connectivity index (χ4n) is 2.66. The van der Waals surface area contributed by atoms with Gasteiger partial charge in [-0.3, -0.25) is 25.2 Å². The minimum atomic E-state index is -0.536. The molecule has 0 aromatic heterocycles. The van der Waals surface area contributed by atoms with Crippen molar-refractivity contribution in [1.29, 1.82) is 0 Å². The van der Waals surface area contributed by atoms with E-state index in [1.165, 1.54) is 6.08 Å². The molecule has 3 aromatic rings. The van der Waals surface area contributed by atoms with Gasteiger partial charge in [0.15, 0.2) is 0 Å². The molecule has 3 amide bonds. The summed E-state index contributed by atoms with van der Waals surface area (Å²) in [6.45, 7) is -0.262. The molecule has 150 valence electrons. The Labute approximate surface area is 174 Å². The molecule has 0 heterocycles. The highest BCUT2D eigenvalue weighted by Crippen LogP contribution is 2.19. The van der Waals surface area contributed by atoms with Gasteiger partial charge in [0.2, 0.25) is 0 Å². The second-order valence-corrected chi connectivity index (χ2v) is 6.41. The molecule has 0 fully saturated rings. The predicted octanol–water partition coefficient (Wildman–Crippen LogP) is 2.94. The van der Waals surface area contributed by atoms with Crippen molar-refractivity contribution >= 4 is 23.8 Å². The van der Waals surface area contributed by atoms with Crippen LogP contribution in [0.1, 0.15) is 15.9 Å². The highest BCUT2D eigenvalue weighted by Gasteiger charge is 2.09. The van der Waals surface area contributed by atoms with Gasteiger partial charge < -0.3 is 5.32 Å². The first kappa shape index (κ1) is 20.5. The first-order valence-corrected chi connectivity index (χ1v) is 9.37. The number of hydrogen-bond donors (Lipinski definition) is 3. The fourth-order valence-corrected chi connectivity index (χ4v) is 2.66. The van der Waals surface area contributed by atoms with E-state index in [4.69, 9.17) is 0 Å². The Morgan fingerprint density at radius 2 is 1.30 bits per heavy atom. The minimum Gasteiger partial charge on any atom is -0.343 e. The van der Waals surface area contributed by atoms with Crippen LogP contribution in [0.2, 0.25) is 0 Å². The summed E-state index contributed by atoms with van der Waals surface area (Å²) in [5.41, 5.74) is 7.88. The van der Waals surface area contributed by atoms with Crippen LogP contribution in [0.4, 0.5) is 0 Å². The van der Waals surface area contributed by atoms with Crippen molar-refractivity contribution in [1.82, 2.24) is 16.2 Å². The van der Waals surface area contributed by atoms with Crippen LogP contribution in [-0.2, 0) is 9.59 Å². The highest BCUT2D eigenvalue weighted by atomic mass is 16.2. The molecule has 0 aliphatic heterocycles. The molecule has 0 unspecified atom stereocenters. The Hall–Kier alpha value is -4.19. The van der Waals surface area contributed by atoms with Gasteiger partial charge in [0.05, 0.1) is 6.54 Å². The molecule has 3 N–H and O–H groups in total. The fraction of sp³-hybridized carbons (Fsp3) is 0.0417. The highest BCUT2D eigenvalue weighted by molar-refractivity contribution is 5.97. The van der Waals surface area contributed by atoms with E-state index in [1.807, 2.05) is 72.8 Å². The van der Waals surface area contributed by atoms with Gasteiger partial charge in [-0.15, -0.1) is 0 Å². The number of rotatable bonds is 6. The summed E-state index contributed by atoms with van der Waals surface area (Å²) in [6, 6.07) is 26.2. The van der Waals surface area contributed by atoms with Crippen LogP contribution in [0.5, 0.6) is 0 Å². The molecule has 0 saturated carbocycles. The van der Waals surface area contributed by atoms with Crippen molar-refractivity contribution < 1.29 is 14.4 Å². The zero-order valence-corrected chi connectivity index (χ0v) is 16.2.